The summed E-state index contributed by atoms with van der Waals surface area (Å²) < 4.78 is 30.4. The molecule has 1 unspecified atom stereocenters. The monoisotopic (exact) mass is 745 g/mol. The van der Waals surface area contributed by atoms with E-state index in [0.29, 0.717) is 6.61 Å². The SMILES string of the molecule is CCCCCCCCCCCCOCC(C[N+](C)(C)CCC[Si](OC)(OC)OC)OCCCCCCCCCCCC.[I-]. The lowest BCUT2D eigenvalue weighted by Gasteiger charge is -2.34. The maximum Gasteiger partial charge on any atom is 0.500 e. The van der Waals surface area contributed by atoms with Crippen LogP contribution in [0.5, 0.6) is 0 Å². The highest BCUT2D eigenvalue weighted by molar-refractivity contribution is 6.60. The molecule has 1 atom stereocenters. The molecule has 0 aromatic carbocycles. The predicted molar refractivity (Wildman–Crippen MR) is 182 cm³/mol. The molecule has 0 aliphatic rings. The molecule has 0 aromatic heterocycles. The predicted octanol–water partition coefficient (Wildman–Crippen LogP) is 6.58. The van der Waals surface area contributed by atoms with Crippen molar-refractivity contribution in [2.45, 2.75) is 161 Å². The second-order valence-electron chi connectivity index (χ2n) is 13.2. The first kappa shape index (κ1) is 45.8. The highest BCUT2D eigenvalue weighted by Crippen LogP contribution is 2.18. The van der Waals surface area contributed by atoms with Gasteiger partial charge >= 0.3 is 8.80 Å². The van der Waals surface area contributed by atoms with E-state index < -0.39 is 8.80 Å². The summed E-state index contributed by atoms with van der Waals surface area (Å²) in [7, 11) is 7.17. The molecule has 262 valence electrons. The fourth-order valence-electron chi connectivity index (χ4n) is 5.82. The Kier molecular flexibility index (Phi) is 34.8. The van der Waals surface area contributed by atoms with Crippen LogP contribution in [-0.2, 0) is 22.8 Å². The highest BCUT2D eigenvalue weighted by Gasteiger charge is 2.38. The average molecular weight is 746 g/mol. The van der Waals surface area contributed by atoms with E-state index in [9.17, 15) is 0 Å². The largest absolute Gasteiger partial charge is 1.00 e. The molecule has 43 heavy (non-hydrogen) atoms. The summed E-state index contributed by atoms with van der Waals surface area (Å²) in [5, 5.41) is 0. The van der Waals surface area contributed by atoms with E-state index in [1.807, 2.05) is 0 Å². The number of nitrogens with zero attached hydrogens (tertiary/aromatic N) is 1. The second-order valence-corrected chi connectivity index (χ2v) is 16.3. The maximum atomic E-state index is 6.45. The van der Waals surface area contributed by atoms with E-state index in [1.165, 1.54) is 116 Å². The number of likely N-dealkylation sites (N-methyl/N-ethyl adjacent to an activating group) is 1. The van der Waals surface area contributed by atoms with Crippen molar-refractivity contribution < 1.29 is 51.2 Å². The van der Waals surface area contributed by atoms with Crippen LogP contribution >= 0.6 is 0 Å². The lowest BCUT2D eigenvalue weighted by atomic mass is 10.1. The van der Waals surface area contributed by atoms with Gasteiger partial charge in [-0.15, -0.1) is 0 Å². The first-order chi connectivity index (χ1) is 20.4. The van der Waals surface area contributed by atoms with Crippen molar-refractivity contribution in [2.75, 3.05) is 68.3 Å². The fraction of sp³-hybridized carbons (Fsp3) is 1.00. The number of rotatable bonds is 34. The van der Waals surface area contributed by atoms with Gasteiger partial charge < -0.3 is 51.2 Å². The minimum atomic E-state index is -2.52. The molecule has 0 N–H and O–H groups in total. The number of halogens is 1. The number of hydrogen-bond donors (Lipinski definition) is 0. The molecule has 0 radical (unpaired) electrons. The van der Waals surface area contributed by atoms with Gasteiger partial charge in [0.1, 0.15) is 12.6 Å². The third kappa shape index (κ3) is 28.6. The smallest absolute Gasteiger partial charge is 0.500 e. The molecular formula is C35H76INO5Si. The number of quaternary nitrogens is 1. The van der Waals surface area contributed by atoms with Crippen molar-refractivity contribution in [1.82, 2.24) is 0 Å². The van der Waals surface area contributed by atoms with Gasteiger partial charge in [0.2, 0.25) is 0 Å². The molecule has 0 heterocycles. The van der Waals surface area contributed by atoms with E-state index in [2.05, 4.69) is 27.9 Å². The third-order valence-corrected chi connectivity index (χ3v) is 11.5. The zero-order valence-corrected chi connectivity index (χ0v) is 33.2. The summed E-state index contributed by atoms with van der Waals surface area (Å²) in [6, 6.07) is 0.831. The first-order valence-corrected chi connectivity index (χ1v) is 20.0. The van der Waals surface area contributed by atoms with E-state index in [-0.39, 0.29) is 30.1 Å². The van der Waals surface area contributed by atoms with Gasteiger partial charge in [-0.05, 0) is 12.8 Å². The zero-order chi connectivity index (χ0) is 31.2. The van der Waals surface area contributed by atoms with Crippen LogP contribution in [0.15, 0.2) is 0 Å². The molecule has 0 saturated heterocycles. The Hall–Kier alpha value is 0.707. The van der Waals surface area contributed by atoms with Crippen LogP contribution in [0, 0.1) is 0 Å². The molecule has 8 heteroatoms. The summed E-state index contributed by atoms with van der Waals surface area (Å²) in [5.74, 6) is 0. The molecule has 0 saturated carbocycles. The van der Waals surface area contributed by atoms with Gasteiger partial charge in [0, 0.05) is 47.0 Å². The third-order valence-electron chi connectivity index (χ3n) is 8.67. The molecule has 0 aliphatic heterocycles. The van der Waals surface area contributed by atoms with Crippen molar-refractivity contribution in [1.29, 1.82) is 0 Å². The van der Waals surface area contributed by atoms with E-state index in [4.69, 9.17) is 22.8 Å². The summed E-state index contributed by atoms with van der Waals surface area (Å²) in [6.45, 7) is 8.95. The van der Waals surface area contributed by atoms with Crippen LogP contribution in [0.1, 0.15) is 149 Å². The van der Waals surface area contributed by atoms with Crippen LogP contribution in [0.2, 0.25) is 6.04 Å². The van der Waals surface area contributed by atoms with Crippen LogP contribution in [0.4, 0.5) is 0 Å². The Labute approximate surface area is 288 Å². The Bertz CT molecular complexity index is 546. The van der Waals surface area contributed by atoms with Crippen LogP contribution in [0.25, 0.3) is 0 Å². The molecule has 0 amide bonds. The molecule has 6 nitrogen and oxygen atoms in total. The van der Waals surface area contributed by atoms with Crippen molar-refractivity contribution >= 4 is 8.80 Å². The topological polar surface area (TPSA) is 46.2 Å². The van der Waals surface area contributed by atoms with Gasteiger partial charge in [-0.25, -0.2) is 0 Å². The maximum absolute atomic E-state index is 6.45. The Morgan fingerprint density at radius 3 is 1.35 bits per heavy atom. The summed E-state index contributed by atoms with van der Waals surface area (Å²) in [6.07, 6.45) is 28.2. The van der Waals surface area contributed by atoms with Crippen LogP contribution < -0.4 is 24.0 Å². The number of unbranched alkanes of at least 4 members (excludes halogenated alkanes) is 18. The molecule has 0 bridgehead atoms. The van der Waals surface area contributed by atoms with Crippen molar-refractivity contribution in [3.05, 3.63) is 0 Å². The molecule has 0 aromatic rings. The van der Waals surface area contributed by atoms with Gasteiger partial charge in [-0.1, -0.05) is 129 Å². The highest BCUT2D eigenvalue weighted by atomic mass is 127. The second kappa shape index (κ2) is 32.6. The summed E-state index contributed by atoms with van der Waals surface area (Å²) >= 11 is 0. The summed E-state index contributed by atoms with van der Waals surface area (Å²) in [4.78, 5) is 0. The van der Waals surface area contributed by atoms with E-state index in [1.54, 1.807) is 21.3 Å². The quantitative estimate of drug-likeness (QED) is 0.0323. The lowest BCUT2D eigenvalue weighted by molar-refractivity contribution is -0.893. The Balaban J connectivity index is 0. The fourth-order valence-corrected chi connectivity index (χ4v) is 7.53. The van der Waals surface area contributed by atoms with Crippen molar-refractivity contribution in [3.8, 4) is 0 Å². The standard InChI is InChI=1S/C35H76NO5Si.HI/c1-8-10-12-14-16-18-20-22-24-26-30-40-34-35(41-31-27-25-23-21-19-17-15-13-11-9-2)33-36(3,4)29-28-32-42(37-5,38-6)39-7;/h35H,8-34H2,1-7H3;1H/q+1;/p-1. The average Bonchev–Trinajstić information content (AvgIpc) is 2.98. The van der Waals surface area contributed by atoms with Crippen LogP contribution in [-0.4, -0.2) is 87.7 Å². The van der Waals surface area contributed by atoms with Crippen molar-refractivity contribution in [2.24, 2.45) is 0 Å². The molecule has 0 rings (SSSR count). The minimum Gasteiger partial charge on any atom is -1.00 e. The molecule has 0 fully saturated rings. The first-order valence-electron chi connectivity index (χ1n) is 18.0. The molecule has 0 aliphatic carbocycles. The van der Waals surface area contributed by atoms with E-state index in [0.717, 1.165) is 56.1 Å². The van der Waals surface area contributed by atoms with Gasteiger partial charge in [-0.3, -0.25) is 0 Å². The molecule has 0 spiro atoms. The van der Waals surface area contributed by atoms with E-state index >= 15 is 0 Å². The lowest BCUT2D eigenvalue weighted by Crippen LogP contribution is -3.00. The summed E-state index contributed by atoms with van der Waals surface area (Å²) in [5.41, 5.74) is 0. The Morgan fingerprint density at radius 1 is 0.535 bits per heavy atom. The Morgan fingerprint density at radius 2 is 0.930 bits per heavy atom. The van der Waals surface area contributed by atoms with Gasteiger partial charge in [-0.2, -0.15) is 0 Å². The zero-order valence-electron chi connectivity index (χ0n) is 30.0. The number of hydrogen-bond acceptors (Lipinski definition) is 5. The normalized spacial score (nSPS) is 12.9. The van der Waals surface area contributed by atoms with Gasteiger partial charge in [0.05, 0.1) is 27.2 Å². The van der Waals surface area contributed by atoms with Gasteiger partial charge in [0.15, 0.2) is 0 Å². The number of ether oxygens (including phenoxy) is 2. The minimum absolute atomic E-state index is 0. The van der Waals surface area contributed by atoms with Crippen LogP contribution in [0.3, 0.4) is 0 Å². The van der Waals surface area contributed by atoms with Gasteiger partial charge in [0.25, 0.3) is 0 Å². The van der Waals surface area contributed by atoms with Crippen molar-refractivity contribution in [3.63, 3.8) is 0 Å². The molecular weight excluding hydrogens is 669 g/mol.